The third-order valence-corrected chi connectivity index (χ3v) is 18.0. The molecular weight excluding hydrogens is 791 g/mol. The summed E-state index contributed by atoms with van der Waals surface area (Å²) >= 11 is 0. The van der Waals surface area contributed by atoms with Gasteiger partial charge in [0.05, 0.1) is 31.0 Å². The molecular formula is C50H69NO11. The van der Waals surface area contributed by atoms with E-state index in [-0.39, 0.29) is 72.2 Å². The molecule has 0 spiro atoms. The van der Waals surface area contributed by atoms with Gasteiger partial charge in [0.1, 0.15) is 24.4 Å². The van der Waals surface area contributed by atoms with E-state index in [4.69, 9.17) is 18.6 Å². The molecule has 0 saturated heterocycles. The molecule has 340 valence electrons. The minimum atomic E-state index is -0.895. The third kappa shape index (κ3) is 7.47. The molecule has 7 rings (SSSR count). The number of aliphatic hydroxyl groups excluding tert-OH is 1. The maximum atomic E-state index is 13.1. The van der Waals surface area contributed by atoms with Crippen molar-refractivity contribution in [1.82, 2.24) is 0 Å². The first-order chi connectivity index (χ1) is 29.3. The van der Waals surface area contributed by atoms with E-state index < -0.39 is 46.4 Å². The minimum absolute atomic E-state index is 0.00614. The number of aliphatic hydroxyl groups is 1. The first kappa shape index (κ1) is 45.8. The number of anilines is 1. The highest BCUT2D eigenvalue weighted by molar-refractivity contribution is 5.93. The molecule has 5 aliphatic carbocycles. The molecule has 1 heterocycles. The number of carboxylic acids is 1. The molecule has 62 heavy (non-hydrogen) atoms. The predicted octanol–water partition coefficient (Wildman–Crippen LogP) is 8.75. The van der Waals surface area contributed by atoms with Crippen LogP contribution in [0.5, 0.6) is 0 Å². The summed E-state index contributed by atoms with van der Waals surface area (Å²) in [6, 6.07) is 6.86. The lowest BCUT2D eigenvalue weighted by molar-refractivity contribution is -0.255. The van der Waals surface area contributed by atoms with Gasteiger partial charge in [0.15, 0.2) is 0 Å². The Kier molecular flexibility index (Phi) is 12.6. The number of carboxylic acid groups (broad SMARTS) is 1. The molecule has 0 aliphatic heterocycles. The van der Waals surface area contributed by atoms with Gasteiger partial charge in [0.2, 0.25) is 0 Å². The molecule has 12 nitrogen and oxygen atoms in total. The van der Waals surface area contributed by atoms with E-state index in [0.717, 1.165) is 75.7 Å². The van der Waals surface area contributed by atoms with Crippen LogP contribution in [0, 0.1) is 56.7 Å². The quantitative estimate of drug-likeness (QED) is 0.0610. The lowest BCUT2D eigenvalue weighted by atomic mass is 9.32. The van der Waals surface area contributed by atoms with E-state index in [1.54, 1.807) is 12.1 Å². The maximum absolute atomic E-state index is 13.1. The molecule has 2 N–H and O–H groups in total. The Hall–Kier alpha value is -4.19. The Morgan fingerprint density at radius 2 is 1.52 bits per heavy atom. The van der Waals surface area contributed by atoms with Crippen molar-refractivity contribution in [2.24, 2.45) is 56.7 Å². The van der Waals surface area contributed by atoms with Gasteiger partial charge in [0, 0.05) is 35.6 Å². The molecule has 5 fully saturated rings. The van der Waals surface area contributed by atoms with Gasteiger partial charge in [-0.05, 0) is 149 Å². The Morgan fingerprint density at radius 1 is 0.823 bits per heavy atom. The molecule has 2 aromatic rings. The topological polar surface area (TPSA) is 170 Å². The summed E-state index contributed by atoms with van der Waals surface area (Å²) in [7, 11) is 0. The van der Waals surface area contributed by atoms with Crippen LogP contribution in [0.25, 0.3) is 11.0 Å². The summed E-state index contributed by atoms with van der Waals surface area (Å²) < 4.78 is 21.7. The number of carbonyl (C=O) groups is 4. The zero-order valence-electron chi connectivity index (χ0n) is 38.0. The average Bonchev–Trinajstić information content (AvgIpc) is 3.64. The molecule has 0 bridgehead atoms. The Labute approximate surface area is 366 Å². The van der Waals surface area contributed by atoms with Gasteiger partial charge in [0.25, 0.3) is 0 Å². The van der Waals surface area contributed by atoms with Crippen LogP contribution in [0.3, 0.4) is 0 Å². The van der Waals surface area contributed by atoms with E-state index in [1.807, 2.05) is 19.9 Å². The van der Waals surface area contributed by atoms with Gasteiger partial charge in [-0.15, -0.1) is 0 Å². The summed E-state index contributed by atoms with van der Waals surface area (Å²) in [4.78, 5) is 66.2. The van der Waals surface area contributed by atoms with E-state index in [0.29, 0.717) is 35.6 Å². The smallest absolute Gasteiger partial charge is 0.351 e. The van der Waals surface area contributed by atoms with Gasteiger partial charge >= 0.3 is 29.5 Å². The number of rotatable bonds is 14. The summed E-state index contributed by atoms with van der Waals surface area (Å²) in [6.45, 7) is 21.0. The molecule has 11 atom stereocenters. The summed E-state index contributed by atoms with van der Waals surface area (Å²) in [6.07, 6.45) is 7.54. The number of nitrogens with zero attached hydrogens (tertiary/aromatic N) is 1. The first-order valence-electron chi connectivity index (χ1n) is 23.2. The van der Waals surface area contributed by atoms with Crippen molar-refractivity contribution in [3.05, 3.63) is 52.4 Å². The number of hydrogen-bond acceptors (Lipinski definition) is 11. The summed E-state index contributed by atoms with van der Waals surface area (Å²) in [5, 5.41) is 22.9. The van der Waals surface area contributed by atoms with Crippen LogP contribution in [0.2, 0.25) is 0 Å². The van der Waals surface area contributed by atoms with Gasteiger partial charge < -0.3 is 33.7 Å². The van der Waals surface area contributed by atoms with Crippen molar-refractivity contribution in [2.75, 3.05) is 37.8 Å². The third-order valence-electron chi connectivity index (χ3n) is 18.0. The number of hydrogen-bond donors (Lipinski definition) is 2. The van der Waals surface area contributed by atoms with Gasteiger partial charge in [-0.2, -0.15) is 0 Å². The van der Waals surface area contributed by atoms with Crippen molar-refractivity contribution >= 4 is 40.5 Å². The fraction of sp³-hybridized carbons (Fsp3) is 0.700. The monoisotopic (exact) mass is 859 g/mol. The number of allylic oxidation sites excluding steroid dienone is 1. The Bertz CT molecular complexity index is 2140. The highest BCUT2D eigenvalue weighted by atomic mass is 16.6. The summed E-state index contributed by atoms with van der Waals surface area (Å²) in [5.41, 5.74) is -0.188. The van der Waals surface area contributed by atoms with Crippen LogP contribution in [-0.2, 0) is 28.6 Å². The van der Waals surface area contributed by atoms with Crippen molar-refractivity contribution in [3.8, 4) is 0 Å². The highest BCUT2D eigenvalue weighted by Crippen LogP contribution is 2.77. The lowest BCUT2D eigenvalue weighted by Gasteiger charge is -2.72. The number of ether oxygens (including phenoxy) is 3. The molecule has 0 radical (unpaired) electrons. The van der Waals surface area contributed by atoms with E-state index in [2.05, 4.69) is 46.1 Å². The van der Waals surface area contributed by atoms with Crippen LogP contribution >= 0.6 is 0 Å². The Balaban J connectivity index is 0.917. The standard InChI is InChI=1S/C50H69NO11/c1-9-51(10-2)32-12-11-31-27-34(44(56)62-36(31)28-32)43(55)60-26-25-59-40(53)15-16-41(54)61-29-47(6)37-18-21-49(8)38(46(37,5)20-19-39(47)52)14-13-35-42-33(30(3)4)17-22-50(42,45(57)58)24-23-48(35,49)7/h11-12,27-28,33,35,37-39,42,52H,3,9-10,13-26,29H2,1-2,4-8H3,(H,57,58)/t33-,35+,37+,38+,39-,42+,46-,47-,48+,49+,50-/m0/s1. The second-order valence-electron chi connectivity index (χ2n) is 20.6. The minimum Gasteiger partial charge on any atom is -0.481 e. The van der Waals surface area contributed by atoms with E-state index in [1.165, 1.54) is 6.07 Å². The fourth-order valence-electron chi connectivity index (χ4n) is 14.5. The van der Waals surface area contributed by atoms with E-state index in [9.17, 15) is 34.2 Å². The number of carbonyl (C=O) groups excluding carboxylic acids is 3. The summed E-state index contributed by atoms with van der Waals surface area (Å²) in [5.74, 6) is -1.59. The predicted molar refractivity (Wildman–Crippen MR) is 234 cm³/mol. The van der Waals surface area contributed by atoms with Gasteiger partial charge in [-0.1, -0.05) is 39.8 Å². The maximum Gasteiger partial charge on any atom is 0.351 e. The van der Waals surface area contributed by atoms with Crippen molar-refractivity contribution in [1.29, 1.82) is 0 Å². The highest BCUT2D eigenvalue weighted by Gasteiger charge is 2.72. The SMILES string of the molecule is C=C(C)[C@@H]1CC[C@]2(C(=O)O)CC[C@]3(C)[C@H](CC[C@@H]4[C@@]5(C)CC[C@H](O)[C@@](C)(COC(=O)CCC(=O)OCCOC(=O)c6cc7ccc(N(CC)CC)cc7oc6=O)[C@@H]5CC[C@]43C)[C@@H]12. The number of fused-ring (bicyclic) bond motifs is 8. The molecule has 1 aromatic carbocycles. The molecule has 1 aromatic heterocycles. The largest absolute Gasteiger partial charge is 0.481 e. The van der Waals surface area contributed by atoms with Crippen molar-refractivity contribution in [2.45, 2.75) is 132 Å². The lowest BCUT2D eigenvalue weighted by Crippen LogP contribution is -2.67. The van der Waals surface area contributed by atoms with Crippen LogP contribution in [0.15, 0.2) is 45.6 Å². The van der Waals surface area contributed by atoms with E-state index >= 15 is 0 Å². The normalized spacial score (nSPS) is 36.0. The molecule has 5 aliphatic rings. The fourth-order valence-corrected chi connectivity index (χ4v) is 14.5. The zero-order valence-corrected chi connectivity index (χ0v) is 38.0. The zero-order chi connectivity index (χ0) is 45.0. The van der Waals surface area contributed by atoms with Crippen LogP contribution < -0.4 is 10.5 Å². The number of benzene rings is 1. The molecule has 0 unspecified atom stereocenters. The Morgan fingerprint density at radius 3 is 2.19 bits per heavy atom. The second kappa shape index (κ2) is 17.1. The van der Waals surface area contributed by atoms with Crippen molar-refractivity contribution < 1.29 is 48.0 Å². The second-order valence-corrected chi connectivity index (χ2v) is 20.6. The van der Waals surface area contributed by atoms with Gasteiger partial charge in [-0.3, -0.25) is 14.4 Å². The van der Waals surface area contributed by atoms with Crippen LogP contribution in [0.4, 0.5) is 5.69 Å². The van der Waals surface area contributed by atoms with Crippen LogP contribution in [0.1, 0.15) is 136 Å². The molecule has 12 heteroatoms. The van der Waals surface area contributed by atoms with Crippen LogP contribution in [-0.4, -0.2) is 73.1 Å². The van der Waals surface area contributed by atoms with Gasteiger partial charge in [-0.25, -0.2) is 9.59 Å². The first-order valence-corrected chi connectivity index (χ1v) is 23.2. The average molecular weight is 860 g/mol. The molecule has 0 amide bonds. The number of esters is 3. The molecule has 5 saturated carbocycles. The number of aliphatic carboxylic acids is 1. The van der Waals surface area contributed by atoms with Crippen molar-refractivity contribution in [3.63, 3.8) is 0 Å².